The summed E-state index contributed by atoms with van der Waals surface area (Å²) in [4.78, 5) is 0. The second-order valence-electron chi connectivity index (χ2n) is 2.73. The van der Waals surface area contributed by atoms with E-state index in [0.29, 0.717) is 35.7 Å². The van der Waals surface area contributed by atoms with Crippen LogP contribution < -0.4 is 0 Å². The van der Waals surface area contributed by atoms with Gasteiger partial charge in [-0.3, -0.25) is 0 Å². The molecule has 0 amide bonds. The molecule has 0 saturated carbocycles. The lowest BCUT2D eigenvalue weighted by Gasteiger charge is -2.04. The molecule has 1 rings (SSSR count). The quantitative estimate of drug-likeness (QED) is 0.688. The highest BCUT2D eigenvalue weighted by Crippen LogP contribution is 2.20. The molecule has 0 spiro atoms. The van der Waals surface area contributed by atoms with E-state index in [-0.39, 0.29) is 0 Å². The predicted molar refractivity (Wildman–Crippen MR) is 56.9 cm³/mol. The van der Waals surface area contributed by atoms with Crippen molar-refractivity contribution in [2.24, 2.45) is 0 Å². The molecule has 3 heteroatoms. The first-order valence-electron chi connectivity index (χ1n) is 4.26. The van der Waals surface area contributed by atoms with Crippen molar-refractivity contribution in [3.8, 4) is 0 Å². The Labute approximate surface area is 86.0 Å². The number of rotatable bonds is 3. The highest BCUT2D eigenvalue weighted by molar-refractivity contribution is 5.73. The molecule has 0 atom stereocenters. The van der Waals surface area contributed by atoms with Gasteiger partial charge in [-0.2, -0.15) is 0 Å². The minimum absolute atomic E-state index is 0.334. The maximum absolute atomic E-state index is 12.1. The molecule has 1 aromatic rings. The van der Waals surface area contributed by atoms with Crippen molar-refractivity contribution in [1.29, 1.82) is 0 Å². The third kappa shape index (κ3) is 2.84. The van der Waals surface area contributed by atoms with Gasteiger partial charge in [0.2, 0.25) is 0 Å². The lowest BCUT2D eigenvalue weighted by molar-refractivity contribution is 0.725. The third-order valence-corrected chi connectivity index (χ3v) is 1.89. The predicted octanol–water partition coefficient (Wildman–Crippen LogP) is 4.51. The molecule has 0 unspecified atom stereocenters. The SMILES string of the molecule is FC=Cc1cccc(C=CF)c1C=CF. The molecular weight excluding hydrogens is 201 g/mol. The Morgan fingerprint density at radius 1 is 0.733 bits per heavy atom. The van der Waals surface area contributed by atoms with E-state index >= 15 is 0 Å². The van der Waals surface area contributed by atoms with Gasteiger partial charge in [-0.05, 0) is 34.9 Å². The van der Waals surface area contributed by atoms with Gasteiger partial charge in [0.05, 0.1) is 19.0 Å². The van der Waals surface area contributed by atoms with Crippen LogP contribution in [0, 0.1) is 0 Å². The largest absolute Gasteiger partial charge is 0.216 e. The van der Waals surface area contributed by atoms with E-state index in [2.05, 4.69) is 0 Å². The second kappa shape index (κ2) is 5.86. The Kier molecular flexibility index (Phi) is 4.41. The van der Waals surface area contributed by atoms with Crippen LogP contribution >= 0.6 is 0 Å². The minimum Gasteiger partial charge on any atom is -0.216 e. The van der Waals surface area contributed by atoms with E-state index in [1.54, 1.807) is 18.2 Å². The Bertz CT molecular complexity index is 373. The van der Waals surface area contributed by atoms with Crippen molar-refractivity contribution in [2.75, 3.05) is 0 Å². The fourth-order valence-corrected chi connectivity index (χ4v) is 1.28. The Morgan fingerprint density at radius 2 is 1.20 bits per heavy atom. The maximum Gasteiger partial charge on any atom is 0.0873 e. The highest BCUT2D eigenvalue weighted by atomic mass is 19.1. The van der Waals surface area contributed by atoms with E-state index in [4.69, 9.17) is 0 Å². The van der Waals surface area contributed by atoms with E-state index in [9.17, 15) is 13.2 Å². The van der Waals surface area contributed by atoms with Gasteiger partial charge in [0, 0.05) is 0 Å². The lowest BCUT2D eigenvalue weighted by Crippen LogP contribution is -1.85. The summed E-state index contributed by atoms with van der Waals surface area (Å²) in [5.41, 5.74) is 1.41. The third-order valence-electron chi connectivity index (χ3n) is 1.89. The Morgan fingerprint density at radius 3 is 1.60 bits per heavy atom. The summed E-state index contributed by atoms with van der Waals surface area (Å²) >= 11 is 0. The molecule has 0 bridgehead atoms. The molecular formula is C12H9F3. The van der Waals surface area contributed by atoms with Crippen LogP contribution in [0.3, 0.4) is 0 Å². The van der Waals surface area contributed by atoms with Gasteiger partial charge in [0.25, 0.3) is 0 Å². The van der Waals surface area contributed by atoms with Gasteiger partial charge >= 0.3 is 0 Å². The van der Waals surface area contributed by atoms with Gasteiger partial charge in [-0.1, -0.05) is 18.2 Å². The fourth-order valence-electron chi connectivity index (χ4n) is 1.28. The number of hydrogen-bond acceptors (Lipinski definition) is 0. The second-order valence-corrected chi connectivity index (χ2v) is 2.73. The topological polar surface area (TPSA) is 0 Å². The molecule has 0 aliphatic carbocycles. The van der Waals surface area contributed by atoms with Crippen LogP contribution in [-0.4, -0.2) is 0 Å². The smallest absolute Gasteiger partial charge is 0.0873 e. The first-order chi connectivity index (χ1) is 7.33. The molecule has 0 aliphatic rings. The summed E-state index contributed by atoms with van der Waals surface area (Å²) in [6.45, 7) is 0. The summed E-state index contributed by atoms with van der Waals surface area (Å²) < 4.78 is 36.2. The zero-order valence-electron chi connectivity index (χ0n) is 7.83. The minimum atomic E-state index is 0.334. The van der Waals surface area contributed by atoms with Crippen LogP contribution in [0.5, 0.6) is 0 Å². The lowest BCUT2D eigenvalue weighted by atomic mass is 10.0. The molecule has 0 nitrogen and oxygen atoms in total. The van der Waals surface area contributed by atoms with E-state index < -0.39 is 0 Å². The Balaban J connectivity index is 3.33. The van der Waals surface area contributed by atoms with Crippen LogP contribution in [0.4, 0.5) is 13.2 Å². The normalized spacial score (nSPS) is 12.2. The van der Waals surface area contributed by atoms with Crippen molar-refractivity contribution >= 4 is 18.2 Å². The van der Waals surface area contributed by atoms with Gasteiger partial charge in [-0.25, -0.2) is 13.2 Å². The summed E-state index contributed by atoms with van der Waals surface area (Å²) in [7, 11) is 0. The molecule has 15 heavy (non-hydrogen) atoms. The first-order valence-corrected chi connectivity index (χ1v) is 4.26. The Hall–Kier alpha value is -1.77. The molecule has 0 saturated heterocycles. The average molecular weight is 210 g/mol. The van der Waals surface area contributed by atoms with Gasteiger partial charge in [0.1, 0.15) is 0 Å². The molecule has 0 radical (unpaired) electrons. The molecule has 1 aromatic carbocycles. The van der Waals surface area contributed by atoms with Gasteiger partial charge < -0.3 is 0 Å². The summed E-state index contributed by atoms with van der Waals surface area (Å²) in [6.07, 6.45) is 4.57. The summed E-state index contributed by atoms with van der Waals surface area (Å²) in [6, 6.07) is 4.86. The number of hydrogen-bond donors (Lipinski definition) is 0. The van der Waals surface area contributed by atoms with Crippen molar-refractivity contribution in [1.82, 2.24) is 0 Å². The first kappa shape index (κ1) is 11.3. The summed E-state index contributed by atoms with van der Waals surface area (Å²) in [5.74, 6) is 0. The van der Waals surface area contributed by atoms with E-state index in [0.717, 1.165) is 6.08 Å². The van der Waals surface area contributed by atoms with Crippen LogP contribution in [-0.2, 0) is 0 Å². The molecule has 0 N–H and O–H groups in total. The standard InChI is InChI=1S/C12H9F3/c13-7-4-10-2-1-3-11(5-8-14)12(10)6-9-15/h1-9H. The van der Waals surface area contributed by atoms with Crippen molar-refractivity contribution in [3.05, 3.63) is 53.9 Å². The molecule has 78 valence electrons. The van der Waals surface area contributed by atoms with Crippen molar-refractivity contribution in [2.45, 2.75) is 0 Å². The molecule has 0 aromatic heterocycles. The monoisotopic (exact) mass is 210 g/mol. The fraction of sp³-hybridized carbons (Fsp3) is 0. The van der Waals surface area contributed by atoms with Crippen LogP contribution in [0.25, 0.3) is 18.2 Å². The van der Waals surface area contributed by atoms with Gasteiger partial charge in [0.15, 0.2) is 0 Å². The number of halogens is 3. The summed E-state index contributed by atoms with van der Waals surface area (Å²) in [5, 5.41) is 0. The van der Waals surface area contributed by atoms with Crippen molar-refractivity contribution < 1.29 is 13.2 Å². The van der Waals surface area contributed by atoms with Gasteiger partial charge in [-0.15, -0.1) is 0 Å². The highest BCUT2D eigenvalue weighted by Gasteiger charge is 2.01. The van der Waals surface area contributed by atoms with Crippen LogP contribution in [0.1, 0.15) is 16.7 Å². The van der Waals surface area contributed by atoms with Crippen LogP contribution in [0.15, 0.2) is 37.2 Å². The van der Waals surface area contributed by atoms with Crippen LogP contribution in [0.2, 0.25) is 0 Å². The molecule has 0 aliphatic heterocycles. The van der Waals surface area contributed by atoms with E-state index in [1.165, 1.54) is 12.2 Å². The maximum atomic E-state index is 12.1. The number of benzene rings is 1. The van der Waals surface area contributed by atoms with Crippen molar-refractivity contribution in [3.63, 3.8) is 0 Å². The molecule has 0 fully saturated rings. The average Bonchev–Trinajstić information content (AvgIpc) is 2.23. The molecule has 0 heterocycles. The van der Waals surface area contributed by atoms with E-state index in [1.807, 2.05) is 0 Å². The zero-order chi connectivity index (χ0) is 11.1. The zero-order valence-corrected chi connectivity index (χ0v) is 7.83.